The third-order valence-corrected chi connectivity index (χ3v) is 14.3. The second-order valence-electron chi connectivity index (χ2n) is 18.5. The van der Waals surface area contributed by atoms with E-state index in [1.807, 2.05) is 12.2 Å². The molecule has 1 aliphatic heterocycles. The largest absolute Gasteiger partial charge is 0.481 e. The molecule has 8 N–H and O–H groups in total. The van der Waals surface area contributed by atoms with E-state index >= 15 is 0 Å². The highest BCUT2D eigenvalue weighted by atomic mass is 31.3. The highest BCUT2D eigenvalue weighted by Crippen LogP contribution is 2.60. The summed E-state index contributed by atoms with van der Waals surface area (Å²) >= 11 is 0. The van der Waals surface area contributed by atoms with Gasteiger partial charge in [-0.3, -0.25) is 23.2 Å². The zero-order valence-electron chi connectivity index (χ0n) is 41.3. The van der Waals surface area contributed by atoms with Crippen LogP contribution in [-0.2, 0) is 46.3 Å². The van der Waals surface area contributed by atoms with Gasteiger partial charge >= 0.3 is 33.3 Å². The second-order valence-corrected chi connectivity index (χ2v) is 21.5. The lowest BCUT2D eigenvalue weighted by molar-refractivity contribution is -0.161. The lowest BCUT2D eigenvalue weighted by Gasteiger charge is -2.21. The van der Waals surface area contributed by atoms with E-state index in [-0.39, 0.29) is 18.7 Å². The maximum absolute atomic E-state index is 12.9. The van der Waals surface area contributed by atoms with E-state index in [0.717, 1.165) is 80.9 Å². The third kappa shape index (κ3) is 28.9. The van der Waals surface area contributed by atoms with Gasteiger partial charge in [-0.2, -0.15) is 9.29 Å². The number of carbonyl (C=O) groups is 2. The minimum absolute atomic E-state index is 0.0459. The quantitative estimate of drug-likeness (QED) is 0.0142. The van der Waals surface area contributed by atoms with Crippen molar-refractivity contribution in [3.05, 3.63) is 34.9 Å². The summed E-state index contributed by atoms with van der Waals surface area (Å²) in [5.74, 6) is -0.652. The minimum Gasteiger partial charge on any atom is -0.462 e. The van der Waals surface area contributed by atoms with Crippen molar-refractivity contribution >= 4 is 33.4 Å². The summed E-state index contributed by atoms with van der Waals surface area (Å²) in [5, 5.41) is 41.5. The molecule has 22 heteroatoms. The van der Waals surface area contributed by atoms with Crippen LogP contribution in [0.5, 0.6) is 0 Å². The molecule has 0 radical (unpaired) electrons. The predicted octanol–water partition coefficient (Wildman–Crippen LogP) is 7.86. The van der Waals surface area contributed by atoms with Crippen LogP contribution in [0.25, 0.3) is 0 Å². The molecule has 1 aliphatic rings. The normalized spacial score (nSPS) is 20.4. The SMILES string of the molecule is CCCCC/C=C\C[C@H](O)[C@@H](O)CCCCCCCC(=O)O[C@H](COC(=O)CCCCCCCCCCCCCC(C)C)COP(=O)(O)OP(=O)(O)OC[C@H]1O[C@@H](n2ccc(N)nc2=O)[C@H](O)[C@@H]1O. The molecule has 0 spiro atoms. The number of hydrogen-bond donors (Lipinski definition) is 7. The Hall–Kier alpha value is -2.58. The summed E-state index contributed by atoms with van der Waals surface area (Å²) in [7, 11) is -10.9. The molecular weight excluding hydrogens is 940 g/mol. The number of nitrogens with zero attached hydrogens (tertiary/aromatic N) is 2. The fourth-order valence-electron chi connectivity index (χ4n) is 7.64. The monoisotopic (exact) mass is 1030 g/mol. The third-order valence-electron chi connectivity index (χ3n) is 11.7. The van der Waals surface area contributed by atoms with Crippen molar-refractivity contribution in [2.45, 2.75) is 224 Å². The van der Waals surface area contributed by atoms with Crippen LogP contribution in [0.3, 0.4) is 0 Å². The number of hydrogen-bond acceptors (Lipinski definition) is 17. The molecule has 1 fully saturated rings. The Morgan fingerprint density at radius 2 is 1.33 bits per heavy atom. The van der Waals surface area contributed by atoms with Gasteiger partial charge in [-0.1, -0.05) is 142 Å². The molecule has 1 saturated heterocycles. The van der Waals surface area contributed by atoms with Gasteiger partial charge in [-0.25, -0.2) is 13.9 Å². The van der Waals surface area contributed by atoms with Crippen molar-refractivity contribution in [2.24, 2.45) is 5.92 Å². The van der Waals surface area contributed by atoms with Gasteiger partial charge in [-0.05, 0) is 50.5 Å². The van der Waals surface area contributed by atoms with Gasteiger partial charge < -0.3 is 50.2 Å². The topological polar surface area (TPSA) is 306 Å². The Bertz CT molecular complexity index is 1750. The van der Waals surface area contributed by atoms with Crippen LogP contribution in [0.1, 0.15) is 188 Å². The van der Waals surface area contributed by atoms with Crippen molar-refractivity contribution in [1.82, 2.24) is 9.55 Å². The van der Waals surface area contributed by atoms with Crippen LogP contribution in [0.4, 0.5) is 5.82 Å². The summed E-state index contributed by atoms with van der Waals surface area (Å²) in [6.07, 6.45) is 17.5. The van der Waals surface area contributed by atoms with Crippen molar-refractivity contribution in [3.63, 3.8) is 0 Å². The molecule has 9 atom stereocenters. The van der Waals surface area contributed by atoms with Crippen LogP contribution >= 0.6 is 15.6 Å². The number of phosphoric ester groups is 2. The van der Waals surface area contributed by atoms with Gasteiger partial charge in [-0.15, -0.1) is 0 Å². The number of phosphoric acid groups is 2. The average molecular weight is 1030 g/mol. The van der Waals surface area contributed by atoms with E-state index in [4.69, 9.17) is 29.0 Å². The number of ether oxygens (including phenoxy) is 3. The molecule has 0 aliphatic carbocycles. The van der Waals surface area contributed by atoms with E-state index in [2.05, 4.69) is 30.1 Å². The number of carbonyl (C=O) groups excluding carboxylic acids is 2. The molecular formula is C47H85N3O17P2. The van der Waals surface area contributed by atoms with E-state index < -0.39 is 95.9 Å². The molecule has 0 aromatic carbocycles. The first-order valence-electron chi connectivity index (χ1n) is 25.2. The molecule has 69 heavy (non-hydrogen) atoms. The van der Waals surface area contributed by atoms with Gasteiger partial charge in [0.2, 0.25) is 0 Å². The maximum Gasteiger partial charge on any atom is 0.481 e. The second kappa shape index (κ2) is 35.5. The Kier molecular flexibility index (Phi) is 32.2. The lowest BCUT2D eigenvalue weighted by atomic mass is 10.0. The smallest absolute Gasteiger partial charge is 0.462 e. The number of rotatable bonds is 41. The molecule has 2 rings (SSSR count). The van der Waals surface area contributed by atoms with Crippen molar-refractivity contribution in [3.8, 4) is 0 Å². The number of aliphatic hydroxyl groups is 4. The van der Waals surface area contributed by atoms with Crippen LogP contribution in [0.15, 0.2) is 29.2 Å². The summed E-state index contributed by atoms with van der Waals surface area (Å²) < 4.78 is 56.6. The van der Waals surface area contributed by atoms with Gasteiger partial charge in [0, 0.05) is 19.0 Å². The zero-order chi connectivity index (χ0) is 51.1. The van der Waals surface area contributed by atoms with Crippen LogP contribution in [0, 0.1) is 5.92 Å². The molecule has 400 valence electrons. The van der Waals surface area contributed by atoms with Gasteiger partial charge in [0.25, 0.3) is 0 Å². The van der Waals surface area contributed by atoms with E-state index in [0.29, 0.717) is 38.5 Å². The lowest BCUT2D eigenvalue weighted by Crippen LogP contribution is -2.36. The zero-order valence-corrected chi connectivity index (χ0v) is 43.1. The molecule has 2 heterocycles. The Labute approximate surface area is 408 Å². The number of anilines is 1. The molecule has 2 unspecified atom stereocenters. The van der Waals surface area contributed by atoms with Crippen LogP contribution in [-0.4, -0.2) is 108 Å². The number of nitrogen functional groups attached to an aromatic ring is 1. The summed E-state index contributed by atoms with van der Waals surface area (Å²) in [6.45, 7) is 4.24. The Morgan fingerprint density at radius 1 is 0.768 bits per heavy atom. The van der Waals surface area contributed by atoms with Gasteiger partial charge in [0.1, 0.15) is 30.7 Å². The van der Waals surface area contributed by atoms with Crippen molar-refractivity contribution in [1.29, 1.82) is 0 Å². The van der Waals surface area contributed by atoms with Gasteiger partial charge in [0.05, 0.1) is 25.4 Å². The van der Waals surface area contributed by atoms with E-state index in [1.54, 1.807) is 0 Å². The first kappa shape index (κ1) is 62.5. The average Bonchev–Trinajstić information content (AvgIpc) is 3.57. The first-order chi connectivity index (χ1) is 32.8. The summed E-state index contributed by atoms with van der Waals surface area (Å²) in [4.78, 5) is 61.9. The summed E-state index contributed by atoms with van der Waals surface area (Å²) in [6, 6.07) is 1.24. The predicted molar refractivity (Wildman–Crippen MR) is 259 cm³/mol. The van der Waals surface area contributed by atoms with Crippen molar-refractivity contribution < 1.29 is 76.5 Å². The minimum atomic E-state index is -5.45. The number of nitrogens with two attached hydrogens (primary N) is 1. The molecule has 0 bridgehead atoms. The van der Waals surface area contributed by atoms with Gasteiger partial charge in [0.15, 0.2) is 12.3 Å². The Balaban J connectivity index is 1.84. The maximum atomic E-state index is 12.9. The molecule has 20 nitrogen and oxygen atoms in total. The van der Waals surface area contributed by atoms with Crippen LogP contribution in [0.2, 0.25) is 0 Å². The number of esters is 2. The molecule has 0 saturated carbocycles. The van der Waals surface area contributed by atoms with Crippen molar-refractivity contribution in [2.75, 3.05) is 25.6 Å². The fraction of sp³-hybridized carbons (Fsp3) is 0.830. The van der Waals surface area contributed by atoms with E-state index in [1.165, 1.54) is 51.0 Å². The van der Waals surface area contributed by atoms with Crippen LogP contribution < -0.4 is 11.4 Å². The number of unbranched alkanes of at least 4 members (excludes halogenated alkanes) is 17. The highest BCUT2D eigenvalue weighted by molar-refractivity contribution is 7.61. The fourth-order valence-corrected chi connectivity index (χ4v) is 9.75. The molecule has 1 aromatic rings. The standard InChI is InChI=1S/C47H85N3O17P2/c1-4-5-6-7-17-22-27-38(51)39(52)28-23-18-15-20-25-30-43(54)65-37(33-62-42(53)29-24-19-14-12-10-8-9-11-13-16-21-26-36(2)3)34-63-68(58,59)67-69(60,61)64-35-40-44(55)45(56)46(66-40)50-32-31-41(48)49-47(50)57/h17,22,31-32,36-40,44-46,51-52,55-56H,4-16,18-21,23-30,33-35H2,1-3H3,(H,58,59)(H,60,61)(H2,48,49,57)/b22-17-/t37-,38+,39+,40-,44-,45-,46-/m1/s1. The molecule has 1 aromatic heterocycles. The number of aliphatic hydroxyl groups excluding tert-OH is 4. The summed E-state index contributed by atoms with van der Waals surface area (Å²) in [5.41, 5.74) is 4.57. The Morgan fingerprint density at radius 3 is 1.93 bits per heavy atom. The first-order valence-corrected chi connectivity index (χ1v) is 28.2. The highest BCUT2D eigenvalue weighted by Gasteiger charge is 2.46. The number of allylic oxidation sites excluding steroid dienone is 1. The van der Waals surface area contributed by atoms with E-state index in [9.17, 15) is 53.7 Å². The number of aromatic nitrogens is 2. The molecule has 0 amide bonds.